The zero-order chi connectivity index (χ0) is 13.2. The van der Waals surface area contributed by atoms with Crippen LogP contribution in [-0.4, -0.2) is 5.91 Å². The SMILES string of the molecule is Cc1cccc(C(=O)NC2CCCc3occc32)c1. The molecule has 3 nitrogen and oxygen atoms in total. The summed E-state index contributed by atoms with van der Waals surface area (Å²) in [6.45, 7) is 1.99. The quantitative estimate of drug-likeness (QED) is 0.893. The van der Waals surface area contributed by atoms with Crippen LogP contribution in [0.4, 0.5) is 0 Å². The monoisotopic (exact) mass is 255 g/mol. The van der Waals surface area contributed by atoms with Gasteiger partial charge in [0.05, 0.1) is 12.3 Å². The molecule has 0 saturated heterocycles. The first-order valence-electron chi connectivity index (χ1n) is 6.68. The number of carbonyl (C=O) groups is 1. The molecular weight excluding hydrogens is 238 g/mol. The molecule has 1 aromatic heterocycles. The van der Waals surface area contributed by atoms with Crippen molar-refractivity contribution in [3.8, 4) is 0 Å². The fourth-order valence-corrected chi connectivity index (χ4v) is 2.66. The molecule has 1 amide bonds. The van der Waals surface area contributed by atoms with Gasteiger partial charge in [-0.1, -0.05) is 17.7 Å². The van der Waals surface area contributed by atoms with Gasteiger partial charge in [0.2, 0.25) is 0 Å². The predicted octanol–water partition coefficient (Wildman–Crippen LogP) is 3.40. The Kier molecular flexibility index (Phi) is 3.11. The Bertz CT molecular complexity index is 600. The van der Waals surface area contributed by atoms with Crippen LogP contribution < -0.4 is 5.32 Å². The van der Waals surface area contributed by atoms with E-state index in [1.54, 1.807) is 6.26 Å². The topological polar surface area (TPSA) is 42.2 Å². The molecule has 1 N–H and O–H groups in total. The lowest BCUT2D eigenvalue weighted by Crippen LogP contribution is -2.30. The van der Waals surface area contributed by atoms with Crippen molar-refractivity contribution in [3.63, 3.8) is 0 Å². The minimum atomic E-state index is -0.0113. The first-order valence-corrected chi connectivity index (χ1v) is 6.68. The van der Waals surface area contributed by atoms with Crippen molar-refractivity contribution >= 4 is 5.91 Å². The average Bonchev–Trinajstić information content (AvgIpc) is 2.88. The Labute approximate surface area is 112 Å². The summed E-state index contributed by atoms with van der Waals surface area (Å²) in [6.07, 6.45) is 4.71. The molecule has 1 aliphatic rings. The average molecular weight is 255 g/mol. The second-order valence-electron chi connectivity index (χ2n) is 5.09. The second kappa shape index (κ2) is 4.92. The molecule has 98 valence electrons. The number of aryl methyl sites for hydroxylation is 2. The molecule has 1 aromatic carbocycles. The van der Waals surface area contributed by atoms with Gasteiger partial charge in [0.25, 0.3) is 5.91 Å². The maximum atomic E-state index is 12.3. The molecule has 2 aromatic rings. The predicted molar refractivity (Wildman–Crippen MR) is 73.0 cm³/mol. The highest BCUT2D eigenvalue weighted by atomic mass is 16.3. The van der Waals surface area contributed by atoms with Gasteiger partial charge in [0, 0.05) is 17.5 Å². The minimum Gasteiger partial charge on any atom is -0.469 e. The van der Waals surface area contributed by atoms with Crippen molar-refractivity contribution in [2.24, 2.45) is 0 Å². The van der Waals surface area contributed by atoms with Crippen molar-refractivity contribution in [2.75, 3.05) is 0 Å². The summed E-state index contributed by atoms with van der Waals surface area (Å²) in [5.74, 6) is 1.00. The molecule has 0 saturated carbocycles. The van der Waals surface area contributed by atoms with E-state index in [2.05, 4.69) is 5.32 Å². The summed E-state index contributed by atoms with van der Waals surface area (Å²) in [4.78, 5) is 12.3. The van der Waals surface area contributed by atoms with E-state index in [1.165, 1.54) is 0 Å². The third-order valence-electron chi connectivity index (χ3n) is 3.64. The van der Waals surface area contributed by atoms with Gasteiger partial charge in [0.1, 0.15) is 5.76 Å². The minimum absolute atomic E-state index is 0.0113. The summed E-state index contributed by atoms with van der Waals surface area (Å²) in [5.41, 5.74) is 2.95. The molecule has 1 unspecified atom stereocenters. The van der Waals surface area contributed by atoms with Crippen LogP contribution in [0.2, 0.25) is 0 Å². The van der Waals surface area contributed by atoms with Crippen LogP contribution in [0.15, 0.2) is 41.0 Å². The number of furan rings is 1. The standard InChI is InChI=1S/C16H17NO2/c1-11-4-2-5-12(10-11)16(18)17-14-6-3-7-15-13(14)8-9-19-15/h2,4-5,8-10,14H,3,6-7H2,1H3,(H,17,18). The van der Waals surface area contributed by atoms with E-state index >= 15 is 0 Å². The van der Waals surface area contributed by atoms with Crippen LogP contribution in [0.25, 0.3) is 0 Å². The van der Waals surface area contributed by atoms with E-state index in [9.17, 15) is 4.79 Å². The van der Waals surface area contributed by atoms with Gasteiger partial charge in [-0.2, -0.15) is 0 Å². The molecule has 0 bridgehead atoms. The molecule has 0 spiro atoms. The van der Waals surface area contributed by atoms with E-state index in [4.69, 9.17) is 4.42 Å². The maximum Gasteiger partial charge on any atom is 0.251 e. The largest absolute Gasteiger partial charge is 0.469 e. The normalized spacial score (nSPS) is 17.8. The first kappa shape index (κ1) is 12.0. The Morgan fingerprint density at radius 1 is 1.37 bits per heavy atom. The van der Waals surface area contributed by atoms with Gasteiger partial charge in [-0.15, -0.1) is 0 Å². The summed E-state index contributed by atoms with van der Waals surface area (Å²) in [6, 6.07) is 9.71. The molecule has 0 radical (unpaired) electrons. The number of carbonyl (C=O) groups excluding carboxylic acids is 1. The Hall–Kier alpha value is -2.03. The van der Waals surface area contributed by atoms with E-state index in [1.807, 2.05) is 37.3 Å². The highest BCUT2D eigenvalue weighted by molar-refractivity contribution is 5.94. The Balaban J connectivity index is 1.78. The van der Waals surface area contributed by atoms with Crippen molar-refractivity contribution in [3.05, 3.63) is 59.0 Å². The van der Waals surface area contributed by atoms with Crippen molar-refractivity contribution < 1.29 is 9.21 Å². The molecule has 19 heavy (non-hydrogen) atoms. The molecule has 0 fully saturated rings. The Morgan fingerprint density at radius 3 is 3.11 bits per heavy atom. The molecule has 1 heterocycles. The summed E-state index contributed by atoms with van der Waals surface area (Å²) in [7, 11) is 0. The number of hydrogen-bond acceptors (Lipinski definition) is 2. The Morgan fingerprint density at radius 2 is 2.26 bits per heavy atom. The molecule has 1 atom stereocenters. The molecule has 1 aliphatic carbocycles. The van der Waals surface area contributed by atoms with E-state index < -0.39 is 0 Å². The lowest BCUT2D eigenvalue weighted by atomic mass is 9.93. The highest BCUT2D eigenvalue weighted by Gasteiger charge is 2.24. The smallest absolute Gasteiger partial charge is 0.251 e. The molecule has 3 rings (SSSR count). The van der Waals surface area contributed by atoms with Gasteiger partial charge in [0.15, 0.2) is 0 Å². The summed E-state index contributed by atoms with van der Waals surface area (Å²) < 4.78 is 5.44. The van der Waals surface area contributed by atoms with Gasteiger partial charge < -0.3 is 9.73 Å². The lowest BCUT2D eigenvalue weighted by molar-refractivity contribution is 0.0932. The number of hydrogen-bond donors (Lipinski definition) is 1. The summed E-state index contributed by atoms with van der Waals surface area (Å²) >= 11 is 0. The highest BCUT2D eigenvalue weighted by Crippen LogP contribution is 2.30. The zero-order valence-corrected chi connectivity index (χ0v) is 11.0. The van der Waals surface area contributed by atoms with E-state index in [-0.39, 0.29) is 11.9 Å². The van der Waals surface area contributed by atoms with Gasteiger partial charge >= 0.3 is 0 Å². The summed E-state index contributed by atoms with van der Waals surface area (Å²) in [5, 5.41) is 3.11. The van der Waals surface area contributed by atoms with Crippen molar-refractivity contribution in [1.82, 2.24) is 5.32 Å². The van der Waals surface area contributed by atoms with Gasteiger partial charge in [-0.25, -0.2) is 0 Å². The third-order valence-corrected chi connectivity index (χ3v) is 3.64. The maximum absolute atomic E-state index is 12.3. The fourth-order valence-electron chi connectivity index (χ4n) is 2.66. The molecular formula is C16H17NO2. The molecule has 0 aliphatic heterocycles. The zero-order valence-electron chi connectivity index (χ0n) is 11.0. The fraction of sp³-hybridized carbons (Fsp3) is 0.312. The van der Waals surface area contributed by atoms with Crippen LogP contribution in [0.3, 0.4) is 0 Å². The first-order chi connectivity index (χ1) is 9.24. The number of rotatable bonds is 2. The number of nitrogens with one attached hydrogen (secondary N) is 1. The van der Waals surface area contributed by atoms with E-state index in [0.717, 1.165) is 41.7 Å². The van der Waals surface area contributed by atoms with Gasteiger partial charge in [-0.05, 0) is 38.0 Å². The lowest BCUT2D eigenvalue weighted by Gasteiger charge is -2.22. The van der Waals surface area contributed by atoms with Crippen LogP contribution in [0, 0.1) is 6.92 Å². The third kappa shape index (κ3) is 2.41. The van der Waals surface area contributed by atoms with Crippen molar-refractivity contribution in [1.29, 1.82) is 0 Å². The number of benzene rings is 1. The van der Waals surface area contributed by atoms with Crippen LogP contribution >= 0.6 is 0 Å². The number of fused-ring (bicyclic) bond motifs is 1. The van der Waals surface area contributed by atoms with Gasteiger partial charge in [-0.3, -0.25) is 4.79 Å². The van der Waals surface area contributed by atoms with E-state index in [0.29, 0.717) is 0 Å². The van der Waals surface area contributed by atoms with Crippen LogP contribution in [-0.2, 0) is 6.42 Å². The van der Waals surface area contributed by atoms with Crippen LogP contribution in [0.5, 0.6) is 0 Å². The molecule has 3 heteroatoms. The van der Waals surface area contributed by atoms with Crippen molar-refractivity contribution in [2.45, 2.75) is 32.2 Å². The number of amides is 1. The second-order valence-corrected chi connectivity index (χ2v) is 5.09. The van der Waals surface area contributed by atoms with Crippen LogP contribution in [0.1, 0.15) is 46.1 Å².